The van der Waals surface area contributed by atoms with Crippen molar-refractivity contribution in [2.75, 3.05) is 5.75 Å². The van der Waals surface area contributed by atoms with Crippen LogP contribution in [0.2, 0.25) is 0 Å². The Hall–Kier alpha value is -3.18. The fourth-order valence-electron chi connectivity index (χ4n) is 3.35. The van der Waals surface area contributed by atoms with Gasteiger partial charge in [0.25, 0.3) is 0 Å². The minimum atomic E-state index is -0.795. The number of nitrogens with zero attached hydrogens (tertiary/aromatic N) is 5. The van der Waals surface area contributed by atoms with Crippen LogP contribution in [0.5, 0.6) is 0 Å². The number of amides is 1. The number of rotatable bonds is 8. The minimum Gasteiger partial charge on any atom is -0.337 e. The Morgan fingerprint density at radius 3 is 2.73 bits per heavy atom. The first kappa shape index (κ1) is 20.1. The third-order valence-corrected chi connectivity index (χ3v) is 6.14. The molecule has 1 fully saturated rings. The number of hydrogen-bond acceptors (Lipinski definition) is 6. The summed E-state index contributed by atoms with van der Waals surface area (Å²) in [5.41, 5.74) is 1.18. The molecule has 1 atom stereocenters. The molecule has 7 nitrogen and oxygen atoms in total. The predicted molar refractivity (Wildman–Crippen MR) is 114 cm³/mol. The molecule has 3 aromatic rings. The van der Waals surface area contributed by atoms with Crippen molar-refractivity contribution in [3.63, 3.8) is 0 Å². The van der Waals surface area contributed by atoms with E-state index in [1.165, 1.54) is 11.8 Å². The van der Waals surface area contributed by atoms with Crippen LogP contribution in [0.3, 0.4) is 0 Å². The number of thioether (sulfide) groups is 1. The van der Waals surface area contributed by atoms with Crippen LogP contribution in [0, 0.1) is 17.2 Å². The Morgan fingerprint density at radius 1 is 1.27 bits per heavy atom. The van der Waals surface area contributed by atoms with E-state index in [2.05, 4.69) is 26.6 Å². The summed E-state index contributed by atoms with van der Waals surface area (Å²) in [7, 11) is 0. The van der Waals surface area contributed by atoms with E-state index in [9.17, 15) is 10.1 Å². The summed E-state index contributed by atoms with van der Waals surface area (Å²) in [6.07, 6.45) is 5.43. The maximum atomic E-state index is 12.5. The summed E-state index contributed by atoms with van der Waals surface area (Å²) in [5, 5.41) is 21.7. The highest BCUT2D eigenvalue weighted by molar-refractivity contribution is 7.99. The van der Waals surface area contributed by atoms with Gasteiger partial charge in [-0.15, -0.1) is 10.2 Å². The van der Waals surface area contributed by atoms with Gasteiger partial charge in [0.05, 0.1) is 18.4 Å². The second-order valence-electron chi connectivity index (χ2n) is 7.54. The summed E-state index contributed by atoms with van der Waals surface area (Å²) in [5.74, 6) is 0.947. The number of benzene rings is 1. The monoisotopic (exact) mass is 418 g/mol. The van der Waals surface area contributed by atoms with Crippen LogP contribution in [0.4, 0.5) is 0 Å². The lowest BCUT2D eigenvalue weighted by Gasteiger charge is -2.22. The van der Waals surface area contributed by atoms with E-state index in [0.29, 0.717) is 17.5 Å². The zero-order chi connectivity index (χ0) is 21.0. The molecule has 1 saturated carbocycles. The van der Waals surface area contributed by atoms with E-state index in [-0.39, 0.29) is 17.6 Å². The maximum Gasteiger partial charge on any atom is 0.231 e. The van der Waals surface area contributed by atoms with Crippen LogP contribution in [-0.2, 0) is 11.3 Å². The molecule has 8 heteroatoms. The fraction of sp³-hybridized carbons (Fsp3) is 0.318. The Balaban J connectivity index is 1.53. The average molecular weight is 419 g/mol. The number of carbonyl (C=O) groups is 1. The molecule has 0 bridgehead atoms. The molecule has 0 unspecified atom stereocenters. The van der Waals surface area contributed by atoms with Gasteiger partial charge in [0.1, 0.15) is 5.54 Å². The molecule has 30 heavy (non-hydrogen) atoms. The van der Waals surface area contributed by atoms with Gasteiger partial charge in [0.2, 0.25) is 5.91 Å². The number of nitriles is 1. The second-order valence-corrected chi connectivity index (χ2v) is 8.49. The Bertz CT molecular complexity index is 1060. The van der Waals surface area contributed by atoms with Crippen LogP contribution >= 0.6 is 11.8 Å². The molecule has 1 N–H and O–H groups in total. The third kappa shape index (κ3) is 4.52. The van der Waals surface area contributed by atoms with Crippen molar-refractivity contribution in [3.8, 4) is 17.5 Å². The van der Waals surface area contributed by atoms with Crippen molar-refractivity contribution in [2.45, 2.75) is 37.0 Å². The highest BCUT2D eigenvalue weighted by Crippen LogP contribution is 2.39. The molecule has 2 aromatic heterocycles. The lowest BCUT2D eigenvalue weighted by Crippen LogP contribution is -2.47. The van der Waals surface area contributed by atoms with E-state index in [1.54, 1.807) is 19.3 Å². The number of nitrogens with one attached hydrogen (secondary N) is 1. The largest absolute Gasteiger partial charge is 0.337 e. The highest BCUT2D eigenvalue weighted by Gasteiger charge is 2.43. The number of pyridine rings is 1. The molecule has 4 rings (SSSR count). The van der Waals surface area contributed by atoms with Crippen molar-refractivity contribution >= 4 is 17.7 Å². The SMILES string of the molecule is C[C@](C#N)(NC(=O)CSc1nnc(-c2cccnc2)n1Cc1ccccc1)C1CC1. The molecule has 0 aliphatic heterocycles. The zero-order valence-corrected chi connectivity index (χ0v) is 17.5. The average Bonchev–Trinajstić information content (AvgIpc) is 3.56. The van der Waals surface area contributed by atoms with Crippen molar-refractivity contribution in [2.24, 2.45) is 5.92 Å². The summed E-state index contributed by atoms with van der Waals surface area (Å²) in [6.45, 7) is 2.38. The molecular weight excluding hydrogens is 396 g/mol. The van der Waals surface area contributed by atoms with Gasteiger partial charge in [-0.25, -0.2) is 0 Å². The van der Waals surface area contributed by atoms with Crippen molar-refractivity contribution in [1.82, 2.24) is 25.1 Å². The number of hydrogen-bond donors (Lipinski definition) is 1. The van der Waals surface area contributed by atoms with E-state index in [0.717, 1.165) is 24.0 Å². The summed E-state index contributed by atoms with van der Waals surface area (Å²) in [6, 6.07) is 16.1. The summed E-state index contributed by atoms with van der Waals surface area (Å²) < 4.78 is 1.99. The lowest BCUT2D eigenvalue weighted by atomic mass is 9.98. The summed E-state index contributed by atoms with van der Waals surface area (Å²) >= 11 is 1.32. The third-order valence-electron chi connectivity index (χ3n) is 5.18. The van der Waals surface area contributed by atoms with Gasteiger partial charge in [-0.1, -0.05) is 42.1 Å². The van der Waals surface area contributed by atoms with Gasteiger partial charge in [-0.3, -0.25) is 14.3 Å². The van der Waals surface area contributed by atoms with Crippen molar-refractivity contribution in [1.29, 1.82) is 5.26 Å². The van der Waals surface area contributed by atoms with Crippen LogP contribution < -0.4 is 5.32 Å². The van der Waals surface area contributed by atoms with Gasteiger partial charge < -0.3 is 5.32 Å². The molecule has 1 aromatic carbocycles. The number of aromatic nitrogens is 4. The van der Waals surface area contributed by atoms with E-state index in [4.69, 9.17) is 0 Å². The molecule has 0 spiro atoms. The van der Waals surface area contributed by atoms with Gasteiger partial charge >= 0.3 is 0 Å². The maximum absolute atomic E-state index is 12.5. The van der Waals surface area contributed by atoms with E-state index in [1.807, 2.05) is 47.0 Å². The van der Waals surface area contributed by atoms with Gasteiger partial charge in [0, 0.05) is 18.0 Å². The Labute approximate surface area is 179 Å². The van der Waals surface area contributed by atoms with E-state index >= 15 is 0 Å². The minimum absolute atomic E-state index is 0.171. The van der Waals surface area contributed by atoms with Gasteiger partial charge in [-0.05, 0) is 43.4 Å². The second kappa shape index (κ2) is 8.67. The van der Waals surface area contributed by atoms with Gasteiger partial charge in [0.15, 0.2) is 11.0 Å². The molecule has 152 valence electrons. The topological polar surface area (TPSA) is 96.5 Å². The quantitative estimate of drug-likeness (QED) is 0.564. The molecule has 0 radical (unpaired) electrons. The highest BCUT2D eigenvalue weighted by atomic mass is 32.2. The molecule has 2 heterocycles. The van der Waals surface area contributed by atoms with Crippen molar-refractivity contribution in [3.05, 3.63) is 60.4 Å². The Kier molecular flexibility index (Phi) is 5.81. The predicted octanol–water partition coefficient (Wildman–Crippen LogP) is 3.29. The fourth-order valence-corrected chi connectivity index (χ4v) is 4.09. The van der Waals surface area contributed by atoms with E-state index < -0.39 is 5.54 Å². The lowest BCUT2D eigenvalue weighted by molar-refractivity contribution is -0.119. The molecule has 1 aliphatic rings. The molecule has 1 aliphatic carbocycles. The molecule has 0 saturated heterocycles. The normalized spacial score (nSPS) is 15.2. The zero-order valence-electron chi connectivity index (χ0n) is 16.7. The van der Waals surface area contributed by atoms with Crippen LogP contribution in [-0.4, -0.2) is 36.9 Å². The smallest absolute Gasteiger partial charge is 0.231 e. The molecule has 1 amide bonds. The van der Waals surface area contributed by atoms with Crippen LogP contribution in [0.25, 0.3) is 11.4 Å². The Morgan fingerprint density at radius 2 is 2.07 bits per heavy atom. The van der Waals surface area contributed by atoms with Crippen LogP contribution in [0.1, 0.15) is 25.3 Å². The first-order valence-corrected chi connectivity index (χ1v) is 10.8. The standard InChI is InChI=1S/C22H22N6OS/c1-22(15-23,18-9-10-18)25-19(29)14-30-21-27-26-20(17-8-5-11-24-12-17)28(21)13-16-6-3-2-4-7-16/h2-8,11-12,18H,9-10,13-14H2,1H3,(H,25,29)/t22-/m1/s1. The first-order valence-electron chi connectivity index (χ1n) is 9.81. The van der Waals surface area contributed by atoms with Crippen LogP contribution in [0.15, 0.2) is 60.0 Å². The number of carbonyl (C=O) groups excluding carboxylic acids is 1. The molecular formula is C22H22N6OS. The summed E-state index contributed by atoms with van der Waals surface area (Å²) in [4.78, 5) is 16.7. The van der Waals surface area contributed by atoms with Crippen molar-refractivity contribution < 1.29 is 4.79 Å². The van der Waals surface area contributed by atoms with Gasteiger partial charge in [-0.2, -0.15) is 5.26 Å². The first-order chi connectivity index (χ1) is 14.6.